The van der Waals surface area contributed by atoms with Crippen LogP contribution in [-0.4, -0.2) is 39.7 Å². The number of aliphatic carboxylic acids is 1. The highest BCUT2D eigenvalue weighted by Crippen LogP contribution is 2.37. The van der Waals surface area contributed by atoms with Crippen molar-refractivity contribution in [2.75, 3.05) is 12.3 Å². The van der Waals surface area contributed by atoms with E-state index in [1.807, 2.05) is 11.8 Å². The molecule has 2 fully saturated rings. The molecule has 1 aliphatic heterocycles. The van der Waals surface area contributed by atoms with Crippen LogP contribution in [0.5, 0.6) is 0 Å². The summed E-state index contributed by atoms with van der Waals surface area (Å²) in [6.07, 6.45) is 5.85. The fraction of sp³-hybridized carbons (Fsp3) is 0.857. The van der Waals surface area contributed by atoms with Crippen LogP contribution in [0, 0.1) is 0 Å². The van der Waals surface area contributed by atoms with Gasteiger partial charge in [-0.25, -0.2) is 4.79 Å². The monoisotopic (exact) mass is 300 g/mol. The van der Waals surface area contributed by atoms with Crippen LogP contribution in [0.3, 0.4) is 0 Å². The lowest BCUT2D eigenvalue weighted by atomic mass is 9.93. The SMILES string of the molecule is CC1(CNC(=O)NC2(CC(=O)O)CCCC2)CCCS1. The van der Waals surface area contributed by atoms with Crippen molar-refractivity contribution in [2.45, 2.75) is 62.2 Å². The van der Waals surface area contributed by atoms with Crippen molar-refractivity contribution >= 4 is 23.8 Å². The van der Waals surface area contributed by atoms with Crippen LogP contribution >= 0.6 is 11.8 Å². The Bertz CT molecular complexity index is 375. The van der Waals surface area contributed by atoms with E-state index in [0.29, 0.717) is 6.54 Å². The van der Waals surface area contributed by atoms with Gasteiger partial charge in [-0.3, -0.25) is 4.79 Å². The Labute approximate surface area is 124 Å². The summed E-state index contributed by atoms with van der Waals surface area (Å²) >= 11 is 1.90. The second kappa shape index (κ2) is 6.24. The maximum Gasteiger partial charge on any atom is 0.315 e. The standard InChI is InChI=1S/C14H24N2O3S/c1-13(5-4-8-20-13)10-15-12(19)16-14(9-11(17)18)6-2-3-7-14/h2-10H2,1H3,(H,17,18)(H2,15,16,19). The zero-order chi connectivity index (χ0) is 14.6. The summed E-state index contributed by atoms with van der Waals surface area (Å²) in [6, 6.07) is -0.220. The molecule has 20 heavy (non-hydrogen) atoms. The third kappa shape index (κ3) is 4.04. The highest BCUT2D eigenvalue weighted by atomic mass is 32.2. The number of carbonyl (C=O) groups is 2. The Morgan fingerprint density at radius 3 is 2.45 bits per heavy atom. The van der Waals surface area contributed by atoms with Crippen molar-refractivity contribution in [2.24, 2.45) is 0 Å². The van der Waals surface area contributed by atoms with Gasteiger partial charge in [0.05, 0.1) is 12.0 Å². The number of carboxylic acids is 1. The number of urea groups is 1. The molecule has 0 aromatic rings. The molecule has 0 spiro atoms. The maximum atomic E-state index is 12.1. The van der Waals surface area contributed by atoms with Gasteiger partial charge in [-0.2, -0.15) is 11.8 Å². The van der Waals surface area contributed by atoms with Crippen LogP contribution in [0.2, 0.25) is 0 Å². The summed E-state index contributed by atoms with van der Waals surface area (Å²) in [4.78, 5) is 23.0. The molecule has 0 radical (unpaired) electrons. The van der Waals surface area contributed by atoms with Gasteiger partial charge in [0.1, 0.15) is 0 Å². The molecule has 6 heteroatoms. The first kappa shape index (κ1) is 15.5. The summed E-state index contributed by atoms with van der Waals surface area (Å²) in [6.45, 7) is 2.82. The molecule has 1 atom stereocenters. The molecular weight excluding hydrogens is 276 g/mol. The summed E-state index contributed by atoms with van der Waals surface area (Å²) in [7, 11) is 0. The Kier molecular flexibility index (Phi) is 4.83. The molecule has 5 nitrogen and oxygen atoms in total. The molecule has 1 saturated carbocycles. The quantitative estimate of drug-likeness (QED) is 0.728. The molecule has 2 amide bonds. The number of hydrogen-bond donors (Lipinski definition) is 3. The number of hydrogen-bond acceptors (Lipinski definition) is 3. The number of thioether (sulfide) groups is 1. The van der Waals surface area contributed by atoms with E-state index in [-0.39, 0.29) is 17.2 Å². The van der Waals surface area contributed by atoms with E-state index in [1.54, 1.807) is 0 Å². The second-order valence-corrected chi connectivity index (χ2v) is 7.95. The Morgan fingerprint density at radius 1 is 1.20 bits per heavy atom. The summed E-state index contributed by atoms with van der Waals surface area (Å²) < 4.78 is 0.132. The van der Waals surface area contributed by atoms with E-state index in [2.05, 4.69) is 17.6 Å². The van der Waals surface area contributed by atoms with Gasteiger partial charge in [0.2, 0.25) is 0 Å². The van der Waals surface area contributed by atoms with Crippen molar-refractivity contribution in [1.29, 1.82) is 0 Å². The van der Waals surface area contributed by atoms with Crippen LogP contribution in [0.15, 0.2) is 0 Å². The van der Waals surface area contributed by atoms with E-state index in [0.717, 1.165) is 37.9 Å². The zero-order valence-electron chi connectivity index (χ0n) is 12.0. The van der Waals surface area contributed by atoms with E-state index >= 15 is 0 Å². The molecular formula is C14H24N2O3S. The first-order chi connectivity index (χ1) is 9.43. The van der Waals surface area contributed by atoms with Gasteiger partial charge < -0.3 is 15.7 Å². The van der Waals surface area contributed by atoms with E-state index in [9.17, 15) is 9.59 Å². The van der Waals surface area contributed by atoms with E-state index in [4.69, 9.17) is 5.11 Å². The Hall–Kier alpha value is -0.910. The Balaban J connectivity index is 1.84. The Morgan fingerprint density at radius 2 is 1.90 bits per heavy atom. The van der Waals surface area contributed by atoms with Crippen LogP contribution in [0.1, 0.15) is 51.9 Å². The topological polar surface area (TPSA) is 78.4 Å². The van der Waals surface area contributed by atoms with Gasteiger partial charge in [-0.15, -0.1) is 0 Å². The molecule has 0 bridgehead atoms. The van der Waals surface area contributed by atoms with Gasteiger partial charge in [-0.1, -0.05) is 12.8 Å². The average Bonchev–Trinajstić information content (AvgIpc) is 2.97. The van der Waals surface area contributed by atoms with Gasteiger partial charge in [0, 0.05) is 11.3 Å². The number of amides is 2. The lowest BCUT2D eigenvalue weighted by Crippen LogP contribution is -2.53. The highest BCUT2D eigenvalue weighted by molar-refractivity contribution is 8.00. The predicted octanol–water partition coefficient (Wildman–Crippen LogP) is 2.36. The molecule has 1 unspecified atom stereocenters. The van der Waals surface area contributed by atoms with Crippen molar-refractivity contribution < 1.29 is 14.7 Å². The summed E-state index contributed by atoms with van der Waals surface area (Å²) in [5.41, 5.74) is -0.542. The van der Waals surface area contributed by atoms with Gasteiger partial charge >= 0.3 is 12.0 Å². The van der Waals surface area contributed by atoms with Gasteiger partial charge in [-0.05, 0) is 38.4 Å². The average molecular weight is 300 g/mol. The summed E-state index contributed by atoms with van der Waals surface area (Å²) in [5, 5.41) is 14.9. The van der Waals surface area contributed by atoms with Crippen LogP contribution in [0.25, 0.3) is 0 Å². The first-order valence-electron chi connectivity index (χ1n) is 7.35. The lowest BCUT2D eigenvalue weighted by Gasteiger charge is -2.30. The number of carboxylic acid groups (broad SMARTS) is 1. The summed E-state index contributed by atoms with van der Waals surface area (Å²) in [5.74, 6) is 0.313. The molecule has 2 rings (SSSR count). The maximum absolute atomic E-state index is 12.1. The molecule has 1 saturated heterocycles. The minimum atomic E-state index is -0.842. The van der Waals surface area contributed by atoms with Crippen molar-refractivity contribution in [1.82, 2.24) is 10.6 Å². The lowest BCUT2D eigenvalue weighted by molar-refractivity contribution is -0.138. The normalized spacial score (nSPS) is 28.2. The van der Waals surface area contributed by atoms with Gasteiger partial charge in [0.25, 0.3) is 0 Å². The first-order valence-corrected chi connectivity index (χ1v) is 8.34. The van der Waals surface area contributed by atoms with Crippen LogP contribution < -0.4 is 10.6 Å². The molecule has 0 aromatic carbocycles. The smallest absolute Gasteiger partial charge is 0.315 e. The molecule has 1 aliphatic carbocycles. The largest absolute Gasteiger partial charge is 0.481 e. The highest BCUT2D eigenvalue weighted by Gasteiger charge is 2.38. The van der Waals surface area contributed by atoms with E-state index in [1.165, 1.54) is 6.42 Å². The molecule has 1 heterocycles. The minimum absolute atomic E-state index is 0.0203. The van der Waals surface area contributed by atoms with Gasteiger partial charge in [0.15, 0.2) is 0 Å². The van der Waals surface area contributed by atoms with Crippen molar-refractivity contribution in [3.8, 4) is 0 Å². The second-order valence-electron chi connectivity index (χ2n) is 6.27. The number of carbonyl (C=O) groups excluding carboxylic acids is 1. The molecule has 3 N–H and O–H groups in total. The van der Waals surface area contributed by atoms with Crippen molar-refractivity contribution in [3.05, 3.63) is 0 Å². The molecule has 2 aliphatic rings. The number of rotatable bonds is 5. The van der Waals surface area contributed by atoms with Crippen LogP contribution in [-0.2, 0) is 4.79 Å². The minimum Gasteiger partial charge on any atom is -0.481 e. The van der Waals surface area contributed by atoms with Crippen molar-refractivity contribution in [3.63, 3.8) is 0 Å². The third-order valence-electron chi connectivity index (χ3n) is 4.35. The third-order valence-corrected chi connectivity index (χ3v) is 5.89. The predicted molar refractivity (Wildman–Crippen MR) is 80.1 cm³/mol. The molecule has 114 valence electrons. The van der Waals surface area contributed by atoms with E-state index < -0.39 is 11.5 Å². The fourth-order valence-corrected chi connectivity index (χ4v) is 4.46. The fourth-order valence-electron chi connectivity index (χ4n) is 3.22. The zero-order valence-corrected chi connectivity index (χ0v) is 12.9. The van der Waals surface area contributed by atoms with Crippen LogP contribution in [0.4, 0.5) is 4.79 Å². The molecule has 0 aromatic heterocycles. The number of nitrogens with one attached hydrogen (secondary N) is 2.